The van der Waals surface area contributed by atoms with Crippen LogP contribution in [0.3, 0.4) is 0 Å². The number of rotatable bonds is 4. The van der Waals surface area contributed by atoms with E-state index in [1.807, 2.05) is 19.9 Å². The predicted molar refractivity (Wildman–Crippen MR) is 81.8 cm³/mol. The summed E-state index contributed by atoms with van der Waals surface area (Å²) >= 11 is 0. The number of ether oxygens (including phenoxy) is 1. The van der Waals surface area contributed by atoms with Crippen LogP contribution in [-0.2, 0) is 4.74 Å². The van der Waals surface area contributed by atoms with Crippen LogP contribution in [0.1, 0.15) is 53.9 Å². The molecule has 104 valence electrons. The van der Waals surface area contributed by atoms with E-state index in [1.54, 1.807) is 0 Å². The maximum Gasteiger partial charge on any atom is 0.0830 e. The highest BCUT2D eigenvalue weighted by molar-refractivity contribution is 5.26. The zero-order chi connectivity index (χ0) is 14.0. The first-order valence-electron chi connectivity index (χ1n) is 7.32. The Morgan fingerprint density at radius 2 is 1.94 bits per heavy atom. The van der Waals surface area contributed by atoms with Gasteiger partial charge in [-0.2, -0.15) is 0 Å². The van der Waals surface area contributed by atoms with Gasteiger partial charge in [0.15, 0.2) is 0 Å². The molecule has 3 unspecified atom stereocenters. The molecule has 0 aromatic rings. The van der Waals surface area contributed by atoms with Crippen molar-refractivity contribution in [2.24, 2.45) is 5.92 Å². The summed E-state index contributed by atoms with van der Waals surface area (Å²) in [6, 6.07) is 0. The third-order valence-electron chi connectivity index (χ3n) is 3.02. The van der Waals surface area contributed by atoms with E-state index in [9.17, 15) is 0 Å². The number of allylic oxidation sites excluding steroid dienone is 3. The van der Waals surface area contributed by atoms with E-state index in [1.165, 1.54) is 12.0 Å². The molecule has 0 saturated carbocycles. The quantitative estimate of drug-likeness (QED) is 0.616. The molecule has 1 heterocycles. The molecule has 0 aromatic carbocycles. The van der Waals surface area contributed by atoms with Gasteiger partial charge < -0.3 is 4.74 Å². The Morgan fingerprint density at radius 3 is 2.44 bits per heavy atom. The Bertz CT molecular complexity index is 265. The van der Waals surface area contributed by atoms with Gasteiger partial charge in [-0.15, -0.1) is 0 Å². The molecular weight excluding hydrogens is 220 g/mol. The highest BCUT2D eigenvalue weighted by Crippen LogP contribution is 2.28. The highest BCUT2D eigenvalue weighted by Gasteiger charge is 2.25. The molecule has 0 radical (unpaired) electrons. The molecule has 1 heteroatoms. The fraction of sp³-hybridized carbons (Fsp3) is 0.647. The van der Waals surface area contributed by atoms with Crippen molar-refractivity contribution in [1.29, 1.82) is 0 Å². The van der Waals surface area contributed by atoms with Crippen molar-refractivity contribution in [1.82, 2.24) is 0 Å². The van der Waals surface area contributed by atoms with Crippen LogP contribution in [0.25, 0.3) is 0 Å². The van der Waals surface area contributed by atoms with E-state index in [2.05, 4.69) is 45.6 Å². The summed E-state index contributed by atoms with van der Waals surface area (Å²) in [5.41, 5.74) is 1.21. The molecule has 0 spiro atoms. The lowest BCUT2D eigenvalue weighted by atomic mass is 9.90. The lowest BCUT2D eigenvalue weighted by molar-refractivity contribution is -0.0380. The molecule has 0 aliphatic carbocycles. The first kappa shape index (κ1) is 17.2. The summed E-state index contributed by atoms with van der Waals surface area (Å²) in [6.07, 6.45) is 12.3. The second-order valence-electron chi connectivity index (χ2n) is 4.72. The van der Waals surface area contributed by atoms with E-state index in [0.29, 0.717) is 6.10 Å². The first-order chi connectivity index (χ1) is 8.67. The van der Waals surface area contributed by atoms with E-state index < -0.39 is 0 Å². The fourth-order valence-electron chi connectivity index (χ4n) is 2.26. The topological polar surface area (TPSA) is 9.23 Å². The minimum absolute atomic E-state index is 0.234. The summed E-state index contributed by atoms with van der Waals surface area (Å²) in [4.78, 5) is 0. The van der Waals surface area contributed by atoms with E-state index in [0.717, 1.165) is 18.8 Å². The van der Waals surface area contributed by atoms with Gasteiger partial charge >= 0.3 is 0 Å². The average Bonchev–Trinajstić information content (AvgIpc) is 2.36. The highest BCUT2D eigenvalue weighted by atomic mass is 16.5. The van der Waals surface area contributed by atoms with Gasteiger partial charge in [-0.3, -0.25) is 0 Å². The van der Waals surface area contributed by atoms with Crippen LogP contribution in [0, 0.1) is 5.92 Å². The van der Waals surface area contributed by atoms with E-state index in [-0.39, 0.29) is 6.10 Å². The van der Waals surface area contributed by atoms with E-state index in [4.69, 9.17) is 4.74 Å². The number of hydrogen-bond acceptors (Lipinski definition) is 1. The van der Waals surface area contributed by atoms with Crippen LogP contribution < -0.4 is 0 Å². The van der Waals surface area contributed by atoms with Crippen molar-refractivity contribution in [2.45, 2.75) is 66.1 Å². The Morgan fingerprint density at radius 1 is 1.28 bits per heavy atom. The Balaban J connectivity index is 0.00000137. The zero-order valence-corrected chi connectivity index (χ0v) is 12.8. The summed E-state index contributed by atoms with van der Waals surface area (Å²) in [6.45, 7) is 14.5. The van der Waals surface area contributed by atoms with Gasteiger partial charge in [-0.1, -0.05) is 58.6 Å². The largest absolute Gasteiger partial charge is 0.371 e. The first-order valence-corrected chi connectivity index (χ1v) is 7.32. The van der Waals surface area contributed by atoms with Crippen molar-refractivity contribution in [3.05, 3.63) is 36.5 Å². The molecule has 1 saturated heterocycles. The monoisotopic (exact) mass is 250 g/mol. The molecule has 1 aliphatic heterocycles. The SMILES string of the molecule is C=C/C(=C\C=C/CC)C1CC(C)CC(C)O1.CC. The molecule has 1 rings (SSSR count). The third-order valence-corrected chi connectivity index (χ3v) is 3.02. The van der Waals surface area contributed by atoms with Crippen molar-refractivity contribution in [3.8, 4) is 0 Å². The second kappa shape index (κ2) is 10.1. The fourth-order valence-corrected chi connectivity index (χ4v) is 2.26. The molecular formula is C17H30O. The maximum atomic E-state index is 5.97. The van der Waals surface area contributed by atoms with E-state index >= 15 is 0 Å². The summed E-state index contributed by atoms with van der Waals surface area (Å²) in [7, 11) is 0. The van der Waals surface area contributed by atoms with Crippen LogP contribution in [0.4, 0.5) is 0 Å². The zero-order valence-electron chi connectivity index (χ0n) is 12.8. The normalized spacial score (nSPS) is 28.7. The van der Waals surface area contributed by atoms with Gasteiger partial charge in [-0.05, 0) is 37.7 Å². The summed E-state index contributed by atoms with van der Waals surface area (Å²) in [5, 5.41) is 0. The van der Waals surface area contributed by atoms with Crippen molar-refractivity contribution >= 4 is 0 Å². The molecule has 3 atom stereocenters. The predicted octanol–water partition coefficient (Wildman–Crippen LogP) is 5.29. The smallest absolute Gasteiger partial charge is 0.0830 e. The van der Waals surface area contributed by atoms with Crippen LogP contribution in [0.15, 0.2) is 36.5 Å². The summed E-state index contributed by atoms with van der Waals surface area (Å²) in [5.74, 6) is 0.743. The lowest BCUT2D eigenvalue weighted by Crippen LogP contribution is -2.31. The lowest BCUT2D eigenvalue weighted by Gasteiger charge is -2.32. The third kappa shape index (κ3) is 6.20. The van der Waals surface area contributed by atoms with Crippen molar-refractivity contribution < 1.29 is 4.74 Å². The Kier molecular flexibility index (Phi) is 9.67. The molecule has 0 aromatic heterocycles. The second-order valence-corrected chi connectivity index (χ2v) is 4.72. The van der Waals surface area contributed by atoms with Gasteiger partial charge in [-0.25, -0.2) is 0 Å². The van der Waals surface area contributed by atoms with Crippen molar-refractivity contribution in [3.63, 3.8) is 0 Å². The molecule has 0 N–H and O–H groups in total. The molecule has 1 fully saturated rings. The minimum Gasteiger partial charge on any atom is -0.371 e. The van der Waals surface area contributed by atoms with Gasteiger partial charge in [0.05, 0.1) is 12.2 Å². The van der Waals surface area contributed by atoms with Crippen LogP contribution >= 0.6 is 0 Å². The van der Waals surface area contributed by atoms with Crippen LogP contribution in [0.5, 0.6) is 0 Å². The van der Waals surface area contributed by atoms with Gasteiger partial charge in [0.1, 0.15) is 0 Å². The van der Waals surface area contributed by atoms with Gasteiger partial charge in [0, 0.05) is 0 Å². The molecule has 18 heavy (non-hydrogen) atoms. The minimum atomic E-state index is 0.234. The van der Waals surface area contributed by atoms with Crippen LogP contribution in [0.2, 0.25) is 0 Å². The summed E-state index contributed by atoms with van der Waals surface area (Å²) < 4.78 is 5.97. The standard InChI is InChI=1S/C15H24O.C2H6/c1-5-7-8-9-14(6-2)15-11-12(3)10-13(4)16-15;1-2/h6-9,12-13,15H,2,5,10-11H2,1,3-4H3;1-2H3/b8-7-,14-9+;. The Labute approximate surface area is 114 Å². The maximum absolute atomic E-state index is 5.97. The average molecular weight is 250 g/mol. The van der Waals surface area contributed by atoms with Crippen LogP contribution in [-0.4, -0.2) is 12.2 Å². The molecule has 1 aliphatic rings. The van der Waals surface area contributed by atoms with Crippen molar-refractivity contribution in [2.75, 3.05) is 0 Å². The molecule has 0 bridgehead atoms. The Hall–Kier alpha value is -0.820. The van der Waals surface area contributed by atoms with Gasteiger partial charge in [0.25, 0.3) is 0 Å². The van der Waals surface area contributed by atoms with Gasteiger partial charge in [0.2, 0.25) is 0 Å². The number of hydrogen-bond donors (Lipinski definition) is 0. The molecule has 1 nitrogen and oxygen atoms in total. The molecule has 0 amide bonds.